The maximum atomic E-state index is 10.5. The number of hydrogen-bond acceptors (Lipinski definition) is 1. The van der Waals surface area contributed by atoms with E-state index in [-0.39, 0.29) is 5.24 Å². The Bertz CT molecular complexity index is 247. The van der Waals surface area contributed by atoms with Gasteiger partial charge in [-0.05, 0) is 58.1 Å². The van der Waals surface area contributed by atoms with Crippen molar-refractivity contribution in [2.24, 2.45) is 0 Å². The lowest BCUT2D eigenvalue weighted by Gasteiger charge is -1.98. The molecule has 0 aliphatic heterocycles. The Labute approximate surface area is 98.2 Å². The summed E-state index contributed by atoms with van der Waals surface area (Å²) < 4.78 is 0. The molecule has 0 aliphatic rings. The summed E-state index contributed by atoms with van der Waals surface area (Å²) >= 11 is 5.24. The topological polar surface area (TPSA) is 17.1 Å². The van der Waals surface area contributed by atoms with Gasteiger partial charge in [-0.3, -0.25) is 4.79 Å². The maximum Gasteiger partial charge on any atom is 0.221 e. The number of carbonyl (C=O) groups excluding carboxylic acids is 1. The minimum atomic E-state index is -0.231. The molecule has 0 aromatic carbocycles. The predicted molar refractivity (Wildman–Crippen MR) is 67.1 cm³/mol. The van der Waals surface area contributed by atoms with E-state index in [9.17, 15) is 4.79 Å². The van der Waals surface area contributed by atoms with Gasteiger partial charge >= 0.3 is 0 Å². The molecule has 0 fully saturated rings. The van der Waals surface area contributed by atoms with Gasteiger partial charge in [0.1, 0.15) is 0 Å². The van der Waals surface area contributed by atoms with Crippen molar-refractivity contribution < 1.29 is 4.79 Å². The molecule has 0 spiro atoms. The zero-order valence-electron chi connectivity index (χ0n) is 9.98. The highest BCUT2D eigenvalue weighted by atomic mass is 35.5. The van der Waals surface area contributed by atoms with E-state index in [4.69, 9.17) is 11.6 Å². The third-order valence-electron chi connectivity index (χ3n) is 2.16. The number of halogens is 1. The number of allylic oxidation sites excluding steroid dienone is 4. The summed E-state index contributed by atoms with van der Waals surface area (Å²) in [6, 6.07) is 0. The van der Waals surface area contributed by atoms with Crippen molar-refractivity contribution in [1.29, 1.82) is 0 Å². The highest BCUT2D eigenvalue weighted by molar-refractivity contribution is 6.63. The summed E-state index contributed by atoms with van der Waals surface area (Å²) in [5, 5.41) is -0.231. The van der Waals surface area contributed by atoms with Gasteiger partial charge in [0.2, 0.25) is 5.24 Å². The second-order valence-electron chi connectivity index (χ2n) is 4.12. The largest absolute Gasteiger partial charge is 0.281 e. The first-order chi connectivity index (χ1) is 7.02. The van der Waals surface area contributed by atoms with Crippen LogP contribution in [0.4, 0.5) is 0 Å². The molecule has 0 amide bonds. The van der Waals surface area contributed by atoms with Crippen LogP contribution in [-0.4, -0.2) is 5.24 Å². The molecular weight excluding hydrogens is 208 g/mol. The average Bonchev–Trinajstić information content (AvgIpc) is 2.11. The third kappa shape index (κ3) is 11.4. The van der Waals surface area contributed by atoms with Crippen LogP contribution in [0.1, 0.15) is 52.9 Å². The van der Waals surface area contributed by atoms with Crippen LogP contribution in [0.25, 0.3) is 0 Å². The molecule has 0 bridgehead atoms. The molecule has 1 nitrogen and oxygen atoms in total. The maximum absolute atomic E-state index is 10.5. The zero-order valence-corrected chi connectivity index (χ0v) is 10.7. The Morgan fingerprint density at radius 2 is 1.73 bits per heavy atom. The normalized spacial score (nSPS) is 11.3. The van der Waals surface area contributed by atoms with Gasteiger partial charge in [0.05, 0.1) is 0 Å². The van der Waals surface area contributed by atoms with E-state index in [1.165, 1.54) is 11.1 Å². The van der Waals surface area contributed by atoms with E-state index in [1.807, 2.05) is 0 Å². The molecule has 0 aromatic heterocycles. The molecule has 2 heteroatoms. The average molecular weight is 229 g/mol. The molecule has 0 saturated heterocycles. The van der Waals surface area contributed by atoms with E-state index in [2.05, 4.69) is 32.9 Å². The van der Waals surface area contributed by atoms with Crippen molar-refractivity contribution in [3.63, 3.8) is 0 Å². The van der Waals surface area contributed by atoms with Gasteiger partial charge in [-0.15, -0.1) is 0 Å². The van der Waals surface area contributed by atoms with Crippen molar-refractivity contribution in [2.75, 3.05) is 0 Å². The van der Waals surface area contributed by atoms with E-state index in [0.29, 0.717) is 6.42 Å². The van der Waals surface area contributed by atoms with Crippen LogP contribution in [0.5, 0.6) is 0 Å². The molecule has 0 aliphatic carbocycles. The number of carbonyl (C=O) groups is 1. The molecule has 0 rings (SSSR count). The molecular formula is C13H21ClO. The van der Waals surface area contributed by atoms with Gasteiger partial charge < -0.3 is 0 Å². The lowest BCUT2D eigenvalue weighted by molar-refractivity contribution is -0.111. The summed E-state index contributed by atoms with van der Waals surface area (Å²) in [6.07, 6.45) is 8.98. The summed E-state index contributed by atoms with van der Waals surface area (Å²) in [5.74, 6) is 0. The van der Waals surface area contributed by atoms with Crippen molar-refractivity contribution in [1.82, 2.24) is 0 Å². The van der Waals surface area contributed by atoms with Gasteiger partial charge in [0.15, 0.2) is 0 Å². The minimum absolute atomic E-state index is 0.231. The smallest absolute Gasteiger partial charge is 0.221 e. The Morgan fingerprint density at radius 1 is 1.07 bits per heavy atom. The number of hydrogen-bond donors (Lipinski definition) is 0. The number of rotatable bonds is 7. The first-order valence-corrected chi connectivity index (χ1v) is 5.87. The van der Waals surface area contributed by atoms with Crippen molar-refractivity contribution in [3.8, 4) is 0 Å². The lowest BCUT2D eigenvalue weighted by Crippen LogP contribution is -1.85. The Hall–Kier alpha value is -0.560. The molecule has 0 unspecified atom stereocenters. The van der Waals surface area contributed by atoms with Crippen LogP contribution in [-0.2, 0) is 4.79 Å². The minimum Gasteiger partial charge on any atom is -0.281 e. The summed E-state index contributed by atoms with van der Waals surface area (Å²) in [7, 11) is 0. The summed E-state index contributed by atoms with van der Waals surface area (Å²) in [4.78, 5) is 10.5. The second kappa shape index (κ2) is 8.72. The quantitative estimate of drug-likeness (QED) is 0.353. The van der Waals surface area contributed by atoms with Gasteiger partial charge in [0.25, 0.3) is 0 Å². The zero-order chi connectivity index (χ0) is 11.7. The van der Waals surface area contributed by atoms with Crippen LogP contribution >= 0.6 is 11.6 Å². The van der Waals surface area contributed by atoms with Crippen molar-refractivity contribution in [3.05, 3.63) is 23.3 Å². The Kier molecular flexibility index (Phi) is 8.40. The first-order valence-electron chi connectivity index (χ1n) is 5.49. The van der Waals surface area contributed by atoms with Crippen LogP contribution in [0.3, 0.4) is 0 Å². The van der Waals surface area contributed by atoms with Crippen LogP contribution in [0.2, 0.25) is 0 Å². The molecule has 0 radical (unpaired) electrons. The molecule has 0 heterocycles. The lowest BCUT2D eigenvalue weighted by atomic mass is 10.1. The molecule has 0 aromatic rings. The predicted octanol–water partition coefficient (Wildman–Crippen LogP) is 4.61. The summed E-state index contributed by atoms with van der Waals surface area (Å²) in [5.41, 5.74) is 2.77. The molecule has 0 atom stereocenters. The van der Waals surface area contributed by atoms with E-state index in [1.54, 1.807) is 0 Å². The first kappa shape index (κ1) is 14.4. The van der Waals surface area contributed by atoms with Gasteiger partial charge in [0, 0.05) is 6.42 Å². The van der Waals surface area contributed by atoms with Crippen molar-refractivity contribution >= 4 is 16.8 Å². The molecule has 0 N–H and O–H groups in total. The molecule has 0 saturated carbocycles. The van der Waals surface area contributed by atoms with E-state index in [0.717, 1.165) is 25.7 Å². The van der Waals surface area contributed by atoms with Gasteiger partial charge in [-0.2, -0.15) is 0 Å². The second-order valence-corrected chi connectivity index (χ2v) is 4.54. The summed E-state index contributed by atoms with van der Waals surface area (Å²) in [6.45, 7) is 6.37. The fourth-order valence-corrected chi connectivity index (χ4v) is 1.41. The van der Waals surface area contributed by atoms with E-state index >= 15 is 0 Å². The van der Waals surface area contributed by atoms with Gasteiger partial charge in [-0.1, -0.05) is 23.3 Å². The fraction of sp³-hybridized carbons (Fsp3) is 0.615. The van der Waals surface area contributed by atoms with E-state index < -0.39 is 0 Å². The monoisotopic (exact) mass is 228 g/mol. The SMILES string of the molecule is CC(C)=CCC/C(C)=C/CCCC(=O)Cl. The third-order valence-corrected chi connectivity index (χ3v) is 2.35. The van der Waals surface area contributed by atoms with Crippen LogP contribution in [0.15, 0.2) is 23.3 Å². The Morgan fingerprint density at radius 3 is 2.27 bits per heavy atom. The molecule has 15 heavy (non-hydrogen) atoms. The standard InChI is InChI=1S/C13H21ClO/c1-11(2)7-6-9-12(3)8-4-5-10-13(14)15/h7-8H,4-6,9-10H2,1-3H3/b12-8+. The van der Waals surface area contributed by atoms with Crippen molar-refractivity contribution in [2.45, 2.75) is 52.9 Å². The highest BCUT2D eigenvalue weighted by Crippen LogP contribution is 2.09. The fourth-order valence-electron chi connectivity index (χ4n) is 1.28. The van der Waals surface area contributed by atoms with Crippen LogP contribution in [0, 0.1) is 0 Å². The van der Waals surface area contributed by atoms with Crippen LogP contribution < -0.4 is 0 Å². The van der Waals surface area contributed by atoms with Gasteiger partial charge in [-0.25, -0.2) is 0 Å². The highest BCUT2D eigenvalue weighted by Gasteiger charge is 1.94. The number of unbranched alkanes of at least 4 members (excludes halogenated alkanes) is 1. The Balaban J connectivity index is 3.61. The molecule has 86 valence electrons.